The van der Waals surface area contributed by atoms with Crippen molar-refractivity contribution in [3.63, 3.8) is 0 Å². The van der Waals surface area contributed by atoms with E-state index < -0.39 is 39.0 Å². The molecule has 6 rings (SSSR count). The quantitative estimate of drug-likeness (QED) is 0.410. The van der Waals surface area contributed by atoms with Crippen LogP contribution in [0.1, 0.15) is 49.9 Å². The normalized spacial score (nSPS) is 36.0. The molecule has 1 saturated heterocycles. The van der Waals surface area contributed by atoms with Crippen molar-refractivity contribution >= 4 is 11.9 Å². The largest absolute Gasteiger partial charge is 0.392 e. The van der Waals surface area contributed by atoms with Gasteiger partial charge in [0.2, 0.25) is 0 Å². The van der Waals surface area contributed by atoms with Gasteiger partial charge in [-0.15, -0.1) is 0 Å². The minimum Gasteiger partial charge on any atom is -0.392 e. The zero-order chi connectivity index (χ0) is 22.6. The highest BCUT2D eigenvalue weighted by atomic mass is 16.6. The maximum atomic E-state index is 13.8. The Bertz CT molecular complexity index is 1200. The molecule has 2 bridgehead atoms. The van der Waals surface area contributed by atoms with E-state index in [9.17, 15) is 9.59 Å². The van der Waals surface area contributed by atoms with E-state index >= 15 is 0 Å². The number of ether oxygens (including phenoxy) is 1. The summed E-state index contributed by atoms with van der Waals surface area (Å²) < 4.78 is 5.55. The highest BCUT2D eigenvalue weighted by Crippen LogP contribution is 2.88. The zero-order valence-corrected chi connectivity index (χ0v) is 18.8. The summed E-state index contributed by atoms with van der Waals surface area (Å²) in [6, 6.07) is 28.9. The molecule has 32 heavy (non-hydrogen) atoms. The highest BCUT2D eigenvalue weighted by Gasteiger charge is 2.94. The predicted octanol–water partition coefficient (Wildman–Crippen LogP) is 5.41. The van der Waals surface area contributed by atoms with Crippen LogP contribution in [0.4, 0.5) is 0 Å². The Balaban J connectivity index is 1.93. The van der Waals surface area contributed by atoms with E-state index in [1.165, 1.54) is 0 Å². The number of hydrogen-bond donors (Lipinski definition) is 0. The molecule has 3 aliphatic rings. The molecule has 3 aromatic carbocycles. The summed E-state index contributed by atoms with van der Waals surface area (Å²) in [7, 11) is 0. The molecular formula is C29H26O3. The van der Waals surface area contributed by atoms with Crippen LogP contribution in [0.3, 0.4) is 0 Å². The lowest BCUT2D eigenvalue weighted by atomic mass is 9.46. The van der Waals surface area contributed by atoms with Crippen LogP contribution in [0, 0.1) is 16.2 Å². The molecule has 3 nitrogen and oxygen atoms in total. The molecule has 2 fully saturated rings. The molecule has 1 heterocycles. The lowest BCUT2D eigenvalue weighted by Crippen LogP contribution is -2.57. The van der Waals surface area contributed by atoms with Crippen molar-refractivity contribution in [2.24, 2.45) is 16.2 Å². The van der Waals surface area contributed by atoms with Crippen molar-refractivity contribution in [3.05, 3.63) is 107 Å². The van der Waals surface area contributed by atoms with E-state index in [0.717, 1.165) is 22.3 Å². The fourth-order valence-electron chi connectivity index (χ4n) is 8.62. The van der Waals surface area contributed by atoms with Gasteiger partial charge in [0.05, 0.1) is 10.8 Å². The fourth-order valence-corrected chi connectivity index (χ4v) is 8.62. The van der Waals surface area contributed by atoms with Crippen LogP contribution in [0.5, 0.6) is 0 Å². The Labute approximate surface area is 188 Å². The lowest BCUT2D eigenvalue weighted by Gasteiger charge is -2.50. The lowest BCUT2D eigenvalue weighted by molar-refractivity contribution is -0.159. The van der Waals surface area contributed by atoms with Gasteiger partial charge in [0.25, 0.3) is 0 Å². The summed E-state index contributed by atoms with van der Waals surface area (Å²) >= 11 is 0. The number of fused-ring (bicyclic) bond motifs is 8. The van der Waals surface area contributed by atoms with Crippen molar-refractivity contribution in [2.45, 2.75) is 38.5 Å². The Hall–Kier alpha value is -3.20. The van der Waals surface area contributed by atoms with Gasteiger partial charge in [-0.05, 0) is 41.5 Å². The maximum Gasteiger partial charge on any atom is 0.321 e. The van der Waals surface area contributed by atoms with Crippen molar-refractivity contribution < 1.29 is 14.3 Å². The first-order valence-corrected chi connectivity index (χ1v) is 11.2. The van der Waals surface area contributed by atoms with Gasteiger partial charge in [0.15, 0.2) is 0 Å². The van der Waals surface area contributed by atoms with Gasteiger partial charge in [-0.2, -0.15) is 0 Å². The van der Waals surface area contributed by atoms with E-state index in [1.54, 1.807) is 0 Å². The first-order chi connectivity index (χ1) is 15.2. The molecule has 1 aliphatic heterocycles. The first kappa shape index (κ1) is 19.5. The SMILES string of the molecule is CC1(C)[C@]2(c3ccccc3)c3ccccc3[C@@]1(c1ccccc1)[C@@]1(C)C(=O)OC(=O)[C@@]21C. The smallest absolute Gasteiger partial charge is 0.321 e. The fraction of sp³-hybridized carbons (Fsp3) is 0.310. The summed E-state index contributed by atoms with van der Waals surface area (Å²) in [5.74, 6) is -0.844. The number of cyclic esters (lactones) is 2. The molecule has 4 atom stereocenters. The third kappa shape index (κ3) is 1.51. The Morgan fingerprint density at radius 3 is 1.25 bits per heavy atom. The van der Waals surface area contributed by atoms with E-state index in [2.05, 4.69) is 50.2 Å². The Morgan fingerprint density at radius 1 is 0.531 bits per heavy atom. The molecule has 3 aromatic rings. The molecule has 0 spiro atoms. The van der Waals surface area contributed by atoms with Crippen molar-refractivity contribution in [1.29, 1.82) is 0 Å². The first-order valence-electron chi connectivity index (χ1n) is 11.2. The summed E-state index contributed by atoms with van der Waals surface area (Å²) in [5, 5.41) is 0. The molecule has 0 radical (unpaired) electrons. The highest BCUT2D eigenvalue weighted by molar-refractivity contribution is 6.07. The summed E-state index contributed by atoms with van der Waals surface area (Å²) in [6.45, 7) is 8.41. The van der Waals surface area contributed by atoms with Crippen LogP contribution in [0.15, 0.2) is 84.9 Å². The number of carbonyl (C=O) groups excluding carboxylic acids is 2. The van der Waals surface area contributed by atoms with Crippen LogP contribution in [0.2, 0.25) is 0 Å². The molecule has 0 amide bonds. The molecule has 0 aromatic heterocycles. The molecule has 160 valence electrons. The standard InChI is InChI=1S/C29H26O3/c1-25(2)28(19-13-7-5-8-14-19)21-17-11-12-18-22(21)29(25,20-15-9-6-10-16-20)27(4)24(31)32-23(30)26(27,28)3/h5-18H,1-4H3/t26-,27+,28+,29-. The summed E-state index contributed by atoms with van der Waals surface area (Å²) in [5.41, 5.74) is 0.181. The second-order valence-electron chi connectivity index (χ2n) is 10.3. The average Bonchev–Trinajstić information content (AvgIpc) is 3.16. The van der Waals surface area contributed by atoms with Gasteiger partial charge < -0.3 is 4.74 Å². The Kier molecular flexibility index (Phi) is 3.40. The van der Waals surface area contributed by atoms with Crippen molar-refractivity contribution in [1.82, 2.24) is 0 Å². The predicted molar refractivity (Wildman–Crippen MR) is 122 cm³/mol. The summed E-state index contributed by atoms with van der Waals surface area (Å²) in [4.78, 5) is 27.6. The van der Waals surface area contributed by atoms with E-state index in [4.69, 9.17) is 4.74 Å². The zero-order valence-electron chi connectivity index (χ0n) is 18.8. The third-order valence-corrected chi connectivity index (χ3v) is 9.53. The molecule has 0 unspecified atom stereocenters. The number of esters is 2. The number of carbonyl (C=O) groups is 2. The third-order valence-electron chi connectivity index (χ3n) is 9.53. The summed E-state index contributed by atoms with van der Waals surface area (Å²) in [6.07, 6.45) is 0. The molecular weight excluding hydrogens is 396 g/mol. The van der Waals surface area contributed by atoms with Crippen LogP contribution in [-0.4, -0.2) is 11.9 Å². The van der Waals surface area contributed by atoms with Crippen LogP contribution in [-0.2, 0) is 25.2 Å². The average molecular weight is 423 g/mol. The number of hydrogen-bond acceptors (Lipinski definition) is 3. The molecule has 0 N–H and O–H groups in total. The van der Waals surface area contributed by atoms with Crippen LogP contribution in [0.25, 0.3) is 0 Å². The monoisotopic (exact) mass is 422 g/mol. The van der Waals surface area contributed by atoms with Crippen LogP contribution >= 0.6 is 0 Å². The van der Waals surface area contributed by atoms with Gasteiger partial charge in [0.1, 0.15) is 0 Å². The maximum absolute atomic E-state index is 13.8. The Morgan fingerprint density at radius 2 is 0.875 bits per heavy atom. The number of benzene rings is 3. The molecule has 1 saturated carbocycles. The number of rotatable bonds is 2. The van der Waals surface area contributed by atoms with Crippen molar-refractivity contribution in [2.75, 3.05) is 0 Å². The minimum atomic E-state index is -1.08. The second kappa shape index (κ2) is 5.58. The van der Waals surface area contributed by atoms with E-state index in [-0.39, 0.29) is 0 Å². The second-order valence-corrected chi connectivity index (χ2v) is 10.3. The van der Waals surface area contributed by atoms with Gasteiger partial charge >= 0.3 is 11.9 Å². The van der Waals surface area contributed by atoms with E-state index in [0.29, 0.717) is 0 Å². The minimum absolute atomic E-state index is 0.422. The van der Waals surface area contributed by atoms with Gasteiger partial charge in [-0.1, -0.05) is 98.8 Å². The van der Waals surface area contributed by atoms with Gasteiger partial charge in [-0.25, -0.2) is 0 Å². The molecule has 2 aliphatic carbocycles. The van der Waals surface area contributed by atoms with E-state index in [1.807, 2.05) is 62.4 Å². The molecule has 3 heteroatoms. The topological polar surface area (TPSA) is 43.4 Å². The van der Waals surface area contributed by atoms with Gasteiger partial charge in [-0.3, -0.25) is 9.59 Å². The van der Waals surface area contributed by atoms with Crippen molar-refractivity contribution in [3.8, 4) is 0 Å². The van der Waals surface area contributed by atoms with Crippen LogP contribution < -0.4 is 0 Å². The van der Waals surface area contributed by atoms with Gasteiger partial charge in [0, 0.05) is 10.8 Å².